The smallest absolute Gasteiger partial charge is 0.122 e. The van der Waals surface area contributed by atoms with Crippen LogP contribution in [0.1, 0.15) is 11.5 Å². The molecule has 0 aromatic carbocycles. The first-order valence-corrected chi connectivity index (χ1v) is 4.52. The second-order valence-electron chi connectivity index (χ2n) is 3.23. The van der Waals surface area contributed by atoms with Crippen LogP contribution in [0.15, 0.2) is 29.0 Å². The second kappa shape index (κ2) is 3.57. The Balaban J connectivity index is 2.01. The topological polar surface area (TPSA) is 43.0 Å². The number of aryl methyl sites for hydroxylation is 2. The fourth-order valence-electron chi connectivity index (χ4n) is 1.37. The molecule has 2 aromatic heterocycles. The number of hydrogen-bond donors (Lipinski definition) is 1. The van der Waals surface area contributed by atoms with Crippen LogP contribution in [0.4, 0.5) is 5.69 Å². The largest absolute Gasteiger partial charge is 0.467 e. The van der Waals surface area contributed by atoms with Crippen LogP contribution in [0.2, 0.25) is 0 Å². The molecule has 14 heavy (non-hydrogen) atoms. The highest BCUT2D eigenvalue weighted by molar-refractivity contribution is 5.45. The van der Waals surface area contributed by atoms with Gasteiger partial charge in [0.05, 0.1) is 24.2 Å². The maximum atomic E-state index is 5.21. The Morgan fingerprint density at radius 3 is 3.00 bits per heavy atom. The van der Waals surface area contributed by atoms with Crippen molar-refractivity contribution in [3.8, 4) is 0 Å². The molecule has 0 aliphatic carbocycles. The number of rotatable bonds is 3. The van der Waals surface area contributed by atoms with Crippen LogP contribution in [0.3, 0.4) is 0 Å². The highest BCUT2D eigenvalue weighted by atomic mass is 16.3. The summed E-state index contributed by atoms with van der Waals surface area (Å²) < 4.78 is 7.00. The average Bonchev–Trinajstić information content (AvgIpc) is 2.72. The van der Waals surface area contributed by atoms with Gasteiger partial charge in [0, 0.05) is 13.2 Å². The fraction of sp³-hybridized carbons (Fsp3) is 0.300. The maximum Gasteiger partial charge on any atom is 0.122 e. The molecule has 4 heteroatoms. The lowest BCUT2D eigenvalue weighted by molar-refractivity contribution is 0.518. The third kappa shape index (κ3) is 1.79. The van der Waals surface area contributed by atoms with Gasteiger partial charge in [0.25, 0.3) is 0 Å². The minimum atomic E-state index is 0.694. The van der Waals surface area contributed by atoms with E-state index in [1.165, 1.54) is 0 Å². The van der Waals surface area contributed by atoms with Gasteiger partial charge in [-0.05, 0) is 19.1 Å². The summed E-state index contributed by atoms with van der Waals surface area (Å²) in [6.07, 6.45) is 3.63. The van der Waals surface area contributed by atoms with E-state index in [1.54, 1.807) is 10.9 Å². The Kier molecular flexibility index (Phi) is 2.26. The Labute approximate surface area is 82.5 Å². The minimum Gasteiger partial charge on any atom is -0.467 e. The molecule has 0 spiro atoms. The molecule has 0 unspecified atom stereocenters. The van der Waals surface area contributed by atoms with Crippen molar-refractivity contribution >= 4 is 5.69 Å². The van der Waals surface area contributed by atoms with Gasteiger partial charge in [-0.2, -0.15) is 5.10 Å². The standard InChI is InChI=1S/C10H13N3O/c1-8-10(7-13(2)12-8)11-6-9-4-3-5-14-9/h3-5,7,11H,6H2,1-2H3. The first-order valence-electron chi connectivity index (χ1n) is 4.52. The van der Waals surface area contributed by atoms with E-state index in [2.05, 4.69) is 10.4 Å². The van der Waals surface area contributed by atoms with Crippen molar-refractivity contribution in [1.82, 2.24) is 9.78 Å². The first-order chi connectivity index (χ1) is 6.75. The number of nitrogens with zero attached hydrogens (tertiary/aromatic N) is 2. The van der Waals surface area contributed by atoms with E-state index in [9.17, 15) is 0 Å². The number of anilines is 1. The van der Waals surface area contributed by atoms with Gasteiger partial charge in [-0.15, -0.1) is 0 Å². The van der Waals surface area contributed by atoms with Gasteiger partial charge in [-0.3, -0.25) is 4.68 Å². The summed E-state index contributed by atoms with van der Waals surface area (Å²) in [4.78, 5) is 0. The zero-order valence-corrected chi connectivity index (χ0v) is 8.32. The van der Waals surface area contributed by atoms with Crippen LogP contribution in [0.25, 0.3) is 0 Å². The van der Waals surface area contributed by atoms with Gasteiger partial charge in [0.2, 0.25) is 0 Å². The lowest BCUT2D eigenvalue weighted by Gasteiger charge is -2.00. The Morgan fingerprint density at radius 1 is 1.57 bits per heavy atom. The molecule has 1 N–H and O–H groups in total. The van der Waals surface area contributed by atoms with Crippen LogP contribution in [-0.2, 0) is 13.6 Å². The Bertz CT molecular complexity index is 403. The van der Waals surface area contributed by atoms with Crippen molar-refractivity contribution in [3.63, 3.8) is 0 Å². The van der Waals surface area contributed by atoms with Crippen molar-refractivity contribution in [1.29, 1.82) is 0 Å². The van der Waals surface area contributed by atoms with Crippen molar-refractivity contribution in [2.24, 2.45) is 7.05 Å². The van der Waals surface area contributed by atoms with Gasteiger partial charge < -0.3 is 9.73 Å². The maximum absolute atomic E-state index is 5.21. The monoisotopic (exact) mass is 191 g/mol. The van der Waals surface area contributed by atoms with Gasteiger partial charge >= 0.3 is 0 Å². The van der Waals surface area contributed by atoms with Crippen molar-refractivity contribution in [3.05, 3.63) is 36.0 Å². The average molecular weight is 191 g/mol. The lowest BCUT2D eigenvalue weighted by Crippen LogP contribution is -1.98. The zero-order chi connectivity index (χ0) is 9.97. The van der Waals surface area contributed by atoms with E-state index in [1.807, 2.05) is 32.3 Å². The van der Waals surface area contributed by atoms with Gasteiger partial charge in [0.1, 0.15) is 5.76 Å². The van der Waals surface area contributed by atoms with E-state index < -0.39 is 0 Å². The highest BCUT2D eigenvalue weighted by Crippen LogP contribution is 2.12. The molecule has 0 saturated heterocycles. The van der Waals surface area contributed by atoms with Crippen molar-refractivity contribution in [2.75, 3.05) is 5.32 Å². The van der Waals surface area contributed by atoms with Gasteiger partial charge in [0.15, 0.2) is 0 Å². The Morgan fingerprint density at radius 2 is 2.43 bits per heavy atom. The van der Waals surface area contributed by atoms with Gasteiger partial charge in [-0.25, -0.2) is 0 Å². The number of aromatic nitrogens is 2. The summed E-state index contributed by atoms with van der Waals surface area (Å²) in [7, 11) is 1.91. The summed E-state index contributed by atoms with van der Waals surface area (Å²) in [5.41, 5.74) is 2.04. The molecular weight excluding hydrogens is 178 g/mol. The van der Waals surface area contributed by atoms with Crippen LogP contribution < -0.4 is 5.32 Å². The van der Waals surface area contributed by atoms with Crippen LogP contribution in [0.5, 0.6) is 0 Å². The summed E-state index contributed by atoms with van der Waals surface area (Å²) >= 11 is 0. The molecule has 2 heterocycles. The lowest BCUT2D eigenvalue weighted by atomic mass is 10.4. The third-order valence-electron chi connectivity index (χ3n) is 2.05. The summed E-state index contributed by atoms with van der Waals surface area (Å²) in [5, 5.41) is 7.49. The number of hydrogen-bond acceptors (Lipinski definition) is 3. The summed E-state index contributed by atoms with van der Waals surface area (Å²) in [6, 6.07) is 3.83. The van der Waals surface area contributed by atoms with E-state index in [4.69, 9.17) is 4.42 Å². The van der Waals surface area contributed by atoms with Crippen molar-refractivity contribution < 1.29 is 4.42 Å². The quantitative estimate of drug-likeness (QED) is 0.806. The predicted octanol–water partition coefficient (Wildman–Crippen LogP) is 1.93. The van der Waals surface area contributed by atoms with Gasteiger partial charge in [-0.1, -0.05) is 0 Å². The minimum absolute atomic E-state index is 0.694. The number of furan rings is 1. The molecule has 0 saturated carbocycles. The second-order valence-corrected chi connectivity index (χ2v) is 3.23. The third-order valence-corrected chi connectivity index (χ3v) is 2.05. The molecule has 2 aromatic rings. The molecule has 0 aliphatic heterocycles. The van der Waals surface area contributed by atoms with Crippen LogP contribution in [0, 0.1) is 6.92 Å². The molecule has 0 fully saturated rings. The molecule has 74 valence electrons. The Hall–Kier alpha value is -1.71. The summed E-state index contributed by atoms with van der Waals surface area (Å²) in [6.45, 7) is 2.67. The normalized spacial score (nSPS) is 10.4. The molecule has 0 aliphatic rings. The molecular formula is C10H13N3O. The van der Waals surface area contributed by atoms with E-state index in [-0.39, 0.29) is 0 Å². The molecule has 0 radical (unpaired) electrons. The van der Waals surface area contributed by atoms with Crippen LogP contribution >= 0.6 is 0 Å². The summed E-state index contributed by atoms with van der Waals surface area (Å²) in [5.74, 6) is 0.924. The SMILES string of the molecule is Cc1nn(C)cc1NCc1ccco1. The van der Waals surface area contributed by atoms with Crippen LogP contribution in [-0.4, -0.2) is 9.78 Å². The molecule has 2 rings (SSSR count). The predicted molar refractivity (Wildman–Crippen MR) is 54.0 cm³/mol. The van der Waals surface area contributed by atoms with E-state index in [0.717, 1.165) is 17.1 Å². The molecule has 0 amide bonds. The van der Waals surface area contributed by atoms with E-state index >= 15 is 0 Å². The number of nitrogens with one attached hydrogen (secondary N) is 1. The van der Waals surface area contributed by atoms with Crippen molar-refractivity contribution in [2.45, 2.75) is 13.5 Å². The zero-order valence-electron chi connectivity index (χ0n) is 8.32. The highest BCUT2D eigenvalue weighted by Gasteiger charge is 2.02. The fourth-order valence-corrected chi connectivity index (χ4v) is 1.37. The molecule has 4 nitrogen and oxygen atoms in total. The molecule has 0 atom stereocenters. The molecule has 0 bridgehead atoms. The first kappa shape index (κ1) is 8.87. The van der Waals surface area contributed by atoms with E-state index in [0.29, 0.717) is 6.54 Å².